The number of aliphatic hydroxyl groups excluding tert-OH is 3. The maximum absolute atomic E-state index is 9.50. The van der Waals surface area contributed by atoms with E-state index in [2.05, 4.69) is 0 Å². The van der Waals surface area contributed by atoms with E-state index in [1.807, 2.05) is 6.92 Å². The average molecular weight is 192 g/mol. The zero-order valence-electron chi connectivity index (χ0n) is 7.18. The molecule has 0 saturated carbocycles. The summed E-state index contributed by atoms with van der Waals surface area (Å²) in [5.74, 6) is -0.429. The molecule has 3 N–H and O–H groups in total. The fraction of sp³-hybridized carbons (Fsp3) is 1.00. The van der Waals surface area contributed by atoms with E-state index in [0.717, 1.165) is 0 Å². The molecule has 1 heterocycles. The van der Waals surface area contributed by atoms with Crippen LogP contribution in [0.25, 0.3) is 0 Å². The van der Waals surface area contributed by atoms with E-state index in [1.165, 1.54) is 0 Å². The average Bonchev–Trinajstić information content (AvgIpc) is 2.19. The molecule has 1 fully saturated rings. The van der Waals surface area contributed by atoms with E-state index >= 15 is 0 Å². The first-order valence-corrected chi connectivity index (χ1v) is 4.21. The summed E-state index contributed by atoms with van der Waals surface area (Å²) >= 11 is 0. The smallest absolute Gasteiger partial charge is 0.0874 e. The van der Waals surface area contributed by atoms with Crippen molar-refractivity contribution in [2.24, 2.45) is 11.8 Å². The molecule has 0 aromatic heterocycles. The van der Waals surface area contributed by atoms with Gasteiger partial charge < -0.3 is 20.1 Å². The van der Waals surface area contributed by atoms with Gasteiger partial charge in [0, 0.05) is 11.8 Å². The number of aliphatic hydroxyl groups is 3. The second-order valence-electron chi connectivity index (χ2n) is 3.44. The Labute approximate surface area is 79.2 Å². The van der Waals surface area contributed by atoms with Gasteiger partial charge in [-0.15, -0.1) is 0 Å². The van der Waals surface area contributed by atoms with Gasteiger partial charge in [0.2, 0.25) is 0 Å². The molecule has 0 radical (unpaired) electrons. The molecule has 1 aliphatic rings. The third kappa shape index (κ3) is 2.91. The third-order valence-corrected chi connectivity index (χ3v) is 2.36. The van der Waals surface area contributed by atoms with E-state index in [-0.39, 0.29) is 25.9 Å². The Balaban J connectivity index is 0.00000144. The second kappa shape index (κ2) is 5.54. The minimum atomic E-state index is -0.868. The van der Waals surface area contributed by atoms with Crippen LogP contribution in [0.1, 0.15) is 14.4 Å². The summed E-state index contributed by atoms with van der Waals surface area (Å²) in [6.07, 6.45) is -1.66. The Hall–Kier alpha value is -0.160. The van der Waals surface area contributed by atoms with Crippen molar-refractivity contribution in [3.05, 3.63) is 0 Å². The minimum absolute atomic E-state index is 0. The number of hydrogen-bond donors (Lipinski definition) is 3. The van der Waals surface area contributed by atoms with Crippen molar-refractivity contribution >= 4 is 0 Å². The SMILES string of the molecule is C.C[C@@H]1COC[C@H](CO)[C@H](O)C1O. The topological polar surface area (TPSA) is 69.9 Å². The van der Waals surface area contributed by atoms with Crippen molar-refractivity contribution in [2.75, 3.05) is 19.8 Å². The van der Waals surface area contributed by atoms with Gasteiger partial charge in [0.1, 0.15) is 0 Å². The van der Waals surface area contributed by atoms with Crippen LogP contribution in [-0.4, -0.2) is 47.3 Å². The molecule has 1 rings (SSSR count). The van der Waals surface area contributed by atoms with Crippen LogP contribution in [0, 0.1) is 11.8 Å². The van der Waals surface area contributed by atoms with Gasteiger partial charge >= 0.3 is 0 Å². The molecule has 0 spiro atoms. The van der Waals surface area contributed by atoms with E-state index in [4.69, 9.17) is 9.84 Å². The Morgan fingerprint density at radius 2 is 1.85 bits per heavy atom. The molecule has 4 heteroatoms. The molecule has 0 aromatic rings. The highest BCUT2D eigenvalue weighted by Gasteiger charge is 2.32. The molecule has 0 amide bonds. The van der Waals surface area contributed by atoms with Gasteiger partial charge in [0.15, 0.2) is 0 Å². The van der Waals surface area contributed by atoms with Gasteiger partial charge in [-0.1, -0.05) is 14.4 Å². The molecule has 4 nitrogen and oxygen atoms in total. The zero-order chi connectivity index (χ0) is 9.14. The molecule has 0 aromatic carbocycles. The molecule has 80 valence electrons. The van der Waals surface area contributed by atoms with Crippen LogP contribution in [0.15, 0.2) is 0 Å². The minimum Gasteiger partial charge on any atom is -0.396 e. The Kier molecular flexibility index (Phi) is 5.48. The zero-order valence-corrected chi connectivity index (χ0v) is 7.18. The Morgan fingerprint density at radius 3 is 2.38 bits per heavy atom. The summed E-state index contributed by atoms with van der Waals surface area (Å²) in [5, 5.41) is 27.8. The molecule has 1 unspecified atom stereocenters. The normalized spacial score (nSPS) is 40.6. The fourth-order valence-corrected chi connectivity index (χ4v) is 1.38. The largest absolute Gasteiger partial charge is 0.396 e. The molecule has 0 aliphatic carbocycles. The molecule has 1 aliphatic heterocycles. The molecule has 13 heavy (non-hydrogen) atoms. The van der Waals surface area contributed by atoms with Gasteiger partial charge in [0.05, 0.1) is 32.0 Å². The van der Waals surface area contributed by atoms with Crippen molar-refractivity contribution < 1.29 is 20.1 Å². The summed E-state index contributed by atoms with van der Waals surface area (Å²) in [5.41, 5.74) is 0. The lowest BCUT2D eigenvalue weighted by molar-refractivity contribution is -0.0439. The van der Waals surface area contributed by atoms with Crippen LogP contribution >= 0.6 is 0 Å². The van der Waals surface area contributed by atoms with Crippen molar-refractivity contribution in [3.8, 4) is 0 Å². The predicted molar refractivity (Wildman–Crippen MR) is 49.3 cm³/mol. The number of hydrogen-bond acceptors (Lipinski definition) is 4. The second-order valence-corrected chi connectivity index (χ2v) is 3.44. The van der Waals surface area contributed by atoms with E-state index in [0.29, 0.717) is 13.2 Å². The van der Waals surface area contributed by atoms with Crippen molar-refractivity contribution in [2.45, 2.75) is 26.6 Å². The Morgan fingerprint density at radius 1 is 1.23 bits per heavy atom. The summed E-state index contributed by atoms with van der Waals surface area (Å²) in [6.45, 7) is 2.42. The fourth-order valence-electron chi connectivity index (χ4n) is 1.38. The van der Waals surface area contributed by atoms with Crippen LogP contribution in [0.2, 0.25) is 0 Å². The summed E-state index contributed by atoms with van der Waals surface area (Å²) in [7, 11) is 0. The van der Waals surface area contributed by atoms with Gasteiger partial charge in [0.25, 0.3) is 0 Å². The number of rotatable bonds is 1. The lowest BCUT2D eigenvalue weighted by atomic mass is 9.93. The highest BCUT2D eigenvalue weighted by molar-refractivity contribution is 4.81. The van der Waals surface area contributed by atoms with E-state index < -0.39 is 12.2 Å². The maximum Gasteiger partial charge on any atom is 0.0874 e. The van der Waals surface area contributed by atoms with Crippen LogP contribution in [-0.2, 0) is 4.74 Å². The highest BCUT2D eigenvalue weighted by atomic mass is 16.5. The van der Waals surface area contributed by atoms with Gasteiger partial charge in [-0.05, 0) is 0 Å². The van der Waals surface area contributed by atoms with Crippen LogP contribution < -0.4 is 0 Å². The first-order valence-electron chi connectivity index (χ1n) is 4.21. The maximum atomic E-state index is 9.50. The molecule has 4 atom stereocenters. The van der Waals surface area contributed by atoms with Crippen LogP contribution in [0.5, 0.6) is 0 Å². The summed E-state index contributed by atoms with van der Waals surface area (Å²) in [4.78, 5) is 0. The summed E-state index contributed by atoms with van der Waals surface area (Å²) in [6, 6.07) is 0. The monoisotopic (exact) mass is 192 g/mol. The van der Waals surface area contributed by atoms with E-state index in [1.54, 1.807) is 0 Å². The molecule has 0 bridgehead atoms. The third-order valence-electron chi connectivity index (χ3n) is 2.36. The molecule has 1 saturated heterocycles. The van der Waals surface area contributed by atoms with Crippen molar-refractivity contribution in [3.63, 3.8) is 0 Å². The van der Waals surface area contributed by atoms with Crippen molar-refractivity contribution in [1.82, 2.24) is 0 Å². The lowest BCUT2D eigenvalue weighted by Gasteiger charge is -2.23. The highest BCUT2D eigenvalue weighted by Crippen LogP contribution is 2.19. The summed E-state index contributed by atoms with van der Waals surface area (Å²) < 4.78 is 5.17. The van der Waals surface area contributed by atoms with E-state index in [9.17, 15) is 10.2 Å². The first kappa shape index (κ1) is 12.8. The van der Waals surface area contributed by atoms with Crippen LogP contribution in [0.3, 0.4) is 0 Å². The first-order chi connectivity index (χ1) is 5.66. The lowest BCUT2D eigenvalue weighted by Crippen LogP contribution is -2.38. The predicted octanol–water partition coefficient (Wildman–Crippen LogP) is -0.381. The van der Waals surface area contributed by atoms with Gasteiger partial charge in [-0.25, -0.2) is 0 Å². The van der Waals surface area contributed by atoms with Gasteiger partial charge in [-0.2, -0.15) is 0 Å². The van der Waals surface area contributed by atoms with Crippen molar-refractivity contribution in [1.29, 1.82) is 0 Å². The Bertz CT molecular complexity index is 138. The molecular weight excluding hydrogens is 172 g/mol. The quantitative estimate of drug-likeness (QED) is 0.529. The van der Waals surface area contributed by atoms with Gasteiger partial charge in [-0.3, -0.25) is 0 Å². The standard InChI is InChI=1S/C8H16O4.CH4/c1-5-3-12-4-6(2-9)8(11)7(5)10;/h5-11H,2-4H2,1H3;1H4/t5-,6+,7?,8+;/m1./s1. The van der Waals surface area contributed by atoms with Crippen LogP contribution in [0.4, 0.5) is 0 Å². The molecular formula is C9H20O4. The number of ether oxygens (including phenoxy) is 1.